The maximum absolute atomic E-state index is 10.1. The van der Waals surface area contributed by atoms with Gasteiger partial charge < -0.3 is 15.4 Å². The first-order valence-corrected chi connectivity index (χ1v) is 6.90. The van der Waals surface area contributed by atoms with Crippen molar-refractivity contribution in [1.82, 2.24) is 25.6 Å². The van der Waals surface area contributed by atoms with Gasteiger partial charge in [0.1, 0.15) is 6.29 Å². The van der Waals surface area contributed by atoms with Gasteiger partial charge in [0.2, 0.25) is 0 Å². The summed E-state index contributed by atoms with van der Waals surface area (Å²) in [5.74, 6) is 0. The van der Waals surface area contributed by atoms with Gasteiger partial charge in [-0.05, 0) is 0 Å². The summed E-state index contributed by atoms with van der Waals surface area (Å²) < 4.78 is 1.77. The molecule has 0 fully saturated rings. The highest BCUT2D eigenvalue weighted by Crippen LogP contribution is 1.93. The van der Waals surface area contributed by atoms with Crippen LogP contribution in [-0.2, 0) is 17.9 Å². The van der Waals surface area contributed by atoms with Gasteiger partial charge in [0.25, 0.3) is 0 Å². The first-order chi connectivity index (χ1) is 9.13. The van der Waals surface area contributed by atoms with Crippen molar-refractivity contribution >= 4 is 6.29 Å². The summed E-state index contributed by atoms with van der Waals surface area (Å²) in [5, 5.41) is 14.3. The van der Waals surface area contributed by atoms with Crippen LogP contribution in [0.1, 0.15) is 39.8 Å². The Morgan fingerprint density at radius 1 is 1.42 bits per heavy atom. The minimum atomic E-state index is 0.385. The predicted octanol–water partition coefficient (Wildman–Crippen LogP) is 0.981. The highest BCUT2D eigenvalue weighted by molar-refractivity contribution is 5.51. The molecule has 19 heavy (non-hydrogen) atoms. The van der Waals surface area contributed by atoms with E-state index in [4.69, 9.17) is 0 Å². The van der Waals surface area contributed by atoms with Gasteiger partial charge in [-0.1, -0.05) is 39.3 Å². The SMILES string of the molecule is CC(C)NCc1cn(CCNCC=O)nn1.CCC. The quantitative estimate of drug-likeness (QED) is 0.544. The van der Waals surface area contributed by atoms with Crippen molar-refractivity contribution in [2.75, 3.05) is 13.1 Å². The molecule has 0 amide bonds. The van der Waals surface area contributed by atoms with Gasteiger partial charge in [0.15, 0.2) is 0 Å². The van der Waals surface area contributed by atoms with Crippen molar-refractivity contribution in [3.63, 3.8) is 0 Å². The van der Waals surface area contributed by atoms with E-state index in [1.165, 1.54) is 6.42 Å². The molecule has 1 aromatic heterocycles. The lowest BCUT2D eigenvalue weighted by Gasteiger charge is -2.04. The minimum absolute atomic E-state index is 0.385. The molecule has 0 unspecified atom stereocenters. The van der Waals surface area contributed by atoms with E-state index in [1.54, 1.807) is 4.68 Å². The lowest BCUT2D eigenvalue weighted by molar-refractivity contribution is -0.107. The summed E-state index contributed by atoms with van der Waals surface area (Å²) in [6.45, 7) is 11.0. The summed E-state index contributed by atoms with van der Waals surface area (Å²) in [4.78, 5) is 10.1. The van der Waals surface area contributed by atoms with Crippen LogP contribution in [0.4, 0.5) is 0 Å². The summed E-state index contributed by atoms with van der Waals surface area (Å²) in [6, 6.07) is 0.444. The van der Waals surface area contributed by atoms with Gasteiger partial charge >= 0.3 is 0 Å². The van der Waals surface area contributed by atoms with E-state index in [1.807, 2.05) is 6.20 Å². The number of nitrogens with one attached hydrogen (secondary N) is 2. The number of rotatable bonds is 8. The molecule has 0 atom stereocenters. The van der Waals surface area contributed by atoms with Crippen LogP contribution in [0.2, 0.25) is 0 Å². The van der Waals surface area contributed by atoms with E-state index in [0.29, 0.717) is 12.6 Å². The normalized spacial score (nSPS) is 10.2. The van der Waals surface area contributed by atoms with Crippen LogP contribution in [0, 0.1) is 0 Å². The van der Waals surface area contributed by atoms with Gasteiger partial charge in [-0.2, -0.15) is 0 Å². The Bertz CT molecular complexity index is 325. The molecular formula is C13H27N5O. The van der Waals surface area contributed by atoms with E-state index >= 15 is 0 Å². The molecule has 110 valence electrons. The lowest BCUT2D eigenvalue weighted by atomic mass is 10.3. The summed E-state index contributed by atoms with van der Waals surface area (Å²) >= 11 is 0. The molecule has 0 saturated heterocycles. The zero-order chi connectivity index (χ0) is 14.5. The van der Waals surface area contributed by atoms with E-state index in [2.05, 4.69) is 48.6 Å². The first kappa shape index (κ1) is 17.7. The first-order valence-electron chi connectivity index (χ1n) is 6.90. The zero-order valence-electron chi connectivity index (χ0n) is 12.5. The number of nitrogens with zero attached hydrogens (tertiary/aromatic N) is 3. The lowest BCUT2D eigenvalue weighted by Crippen LogP contribution is -2.22. The Balaban J connectivity index is 0.000000982. The molecule has 1 aromatic rings. The molecule has 0 radical (unpaired) electrons. The van der Waals surface area contributed by atoms with Gasteiger partial charge in [-0.25, -0.2) is 0 Å². The van der Waals surface area contributed by atoms with Gasteiger partial charge in [0, 0.05) is 25.3 Å². The molecule has 1 rings (SSSR count). The number of aromatic nitrogens is 3. The maximum Gasteiger partial charge on any atom is 0.133 e. The second-order valence-corrected chi connectivity index (χ2v) is 4.59. The van der Waals surface area contributed by atoms with Gasteiger partial charge in [0.05, 0.1) is 18.8 Å². The smallest absolute Gasteiger partial charge is 0.133 e. The highest BCUT2D eigenvalue weighted by atomic mass is 16.1. The van der Waals surface area contributed by atoms with E-state index in [9.17, 15) is 4.79 Å². The summed E-state index contributed by atoms with van der Waals surface area (Å²) in [7, 11) is 0. The average Bonchev–Trinajstić information content (AvgIpc) is 2.81. The van der Waals surface area contributed by atoms with Crippen molar-refractivity contribution in [2.24, 2.45) is 0 Å². The molecular weight excluding hydrogens is 242 g/mol. The molecule has 1 heterocycles. The van der Waals surface area contributed by atoms with Crippen molar-refractivity contribution in [3.8, 4) is 0 Å². The largest absolute Gasteiger partial charge is 0.309 e. The van der Waals surface area contributed by atoms with E-state index in [0.717, 1.165) is 31.6 Å². The predicted molar refractivity (Wildman–Crippen MR) is 76.9 cm³/mol. The minimum Gasteiger partial charge on any atom is -0.309 e. The second-order valence-electron chi connectivity index (χ2n) is 4.59. The Morgan fingerprint density at radius 3 is 2.68 bits per heavy atom. The molecule has 0 aromatic carbocycles. The molecule has 6 heteroatoms. The van der Waals surface area contributed by atoms with Crippen LogP contribution >= 0.6 is 0 Å². The van der Waals surface area contributed by atoms with Crippen molar-refractivity contribution in [2.45, 2.75) is 53.2 Å². The average molecular weight is 269 g/mol. The zero-order valence-corrected chi connectivity index (χ0v) is 12.5. The molecule has 0 spiro atoms. The van der Waals surface area contributed by atoms with Crippen molar-refractivity contribution in [1.29, 1.82) is 0 Å². The van der Waals surface area contributed by atoms with E-state index in [-0.39, 0.29) is 0 Å². The third-order valence-corrected chi connectivity index (χ3v) is 2.02. The Hall–Kier alpha value is -1.27. The fourth-order valence-corrected chi connectivity index (χ4v) is 1.19. The number of carbonyl (C=O) groups is 1. The highest BCUT2D eigenvalue weighted by Gasteiger charge is 2.00. The Kier molecular flexibility index (Phi) is 11.0. The van der Waals surface area contributed by atoms with Crippen LogP contribution in [0.3, 0.4) is 0 Å². The van der Waals surface area contributed by atoms with Gasteiger partial charge in [-0.3, -0.25) is 4.68 Å². The van der Waals surface area contributed by atoms with Crippen LogP contribution in [0.15, 0.2) is 6.20 Å². The third kappa shape index (κ3) is 10.3. The standard InChI is InChI=1S/C10H19N5O.C3H8/c1-9(2)12-7-10-8-15(14-13-10)5-3-11-4-6-16;1-3-2/h6,8-9,11-12H,3-5,7H2,1-2H3;3H2,1-2H3. The van der Waals surface area contributed by atoms with Crippen LogP contribution in [-0.4, -0.2) is 40.4 Å². The Labute approximate surface area is 116 Å². The number of carbonyl (C=O) groups excluding carboxylic acids is 1. The van der Waals surface area contributed by atoms with Crippen molar-refractivity contribution in [3.05, 3.63) is 11.9 Å². The maximum atomic E-state index is 10.1. The molecule has 0 aliphatic rings. The molecule has 0 aliphatic heterocycles. The fraction of sp³-hybridized carbons (Fsp3) is 0.769. The molecule has 2 N–H and O–H groups in total. The topological polar surface area (TPSA) is 71.8 Å². The number of hydrogen-bond donors (Lipinski definition) is 2. The molecule has 0 bridgehead atoms. The second kappa shape index (κ2) is 11.8. The Morgan fingerprint density at radius 2 is 2.11 bits per heavy atom. The van der Waals surface area contributed by atoms with Crippen LogP contribution in [0.5, 0.6) is 0 Å². The number of hydrogen-bond acceptors (Lipinski definition) is 5. The molecule has 0 saturated carbocycles. The molecule has 0 aliphatic carbocycles. The summed E-state index contributed by atoms with van der Waals surface area (Å²) in [6.07, 6.45) is 4.01. The van der Waals surface area contributed by atoms with Crippen molar-refractivity contribution < 1.29 is 4.79 Å². The van der Waals surface area contributed by atoms with E-state index < -0.39 is 0 Å². The summed E-state index contributed by atoms with van der Waals surface area (Å²) in [5.41, 5.74) is 0.934. The third-order valence-electron chi connectivity index (χ3n) is 2.02. The number of aldehydes is 1. The monoisotopic (exact) mass is 269 g/mol. The van der Waals surface area contributed by atoms with Crippen LogP contribution < -0.4 is 10.6 Å². The molecule has 6 nitrogen and oxygen atoms in total. The van der Waals surface area contributed by atoms with Gasteiger partial charge in [-0.15, -0.1) is 5.10 Å². The van der Waals surface area contributed by atoms with Crippen LogP contribution in [0.25, 0.3) is 0 Å². The fourth-order valence-electron chi connectivity index (χ4n) is 1.19.